The van der Waals surface area contributed by atoms with Crippen LogP contribution in [0, 0.1) is 20.8 Å². The molecule has 0 saturated carbocycles. The van der Waals surface area contributed by atoms with Crippen molar-refractivity contribution < 1.29 is 9.90 Å². The molecule has 2 aromatic rings. The van der Waals surface area contributed by atoms with E-state index in [1.807, 2.05) is 25.1 Å². The number of hydrogen-bond acceptors (Lipinski definition) is 3. The predicted molar refractivity (Wildman–Crippen MR) is 83.1 cm³/mol. The molecule has 0 amide bonds. The summed E-state index contributed by atoms with van der Waals surface area (Å²) in [4.78, 5) is 27.1. The Bertz CT molecular complexity index is 781. The lowest BCUT2D eigenvalue weighted by Crippen LogP contribution is -2.27. The topological polar surface area (TPSA) is 72.2 Å². The number of halogens is 1. The summed E-state index contributed by atoms with van der Waals surface area (Å²) >= 11 is 3.44. The van der Waals surface area contributed by atoms with E-state index in [1.54, 1.807) is 13.8 Å². The van der Waals surface area contributed by atoms with Crippen LogP contribution in [0.3, 0.4) is 0 Å². The lowest BCUT2D eigenvalue weighted by molar-refractivity contribution is -0.136. The zero-order chi connectivity index (χ0) is 15.7. The minimum Gasteiger partial charge on any atom is -0.481 e. The smallest absolute Gasteiger partial charge is 0.352 e. The third-order valence-corrected chi connectivity index (χ3v) is 4.26. The molecule has 0 spiro atoms. The summed E-state index contributed by atoms with van der Waals surface area (Å²) in [6.07, 6.45) is -0.155. The van der Waals surface area contributed by atoms with Crippen molar-refractivity contribution in [3.05, 3.63) is 55.7 Å². The van der Waals surface area contributed by atoms with Gasteiger partial charge in [-0.05, 0) is 38.5 Å². The maximum absolute atomic E-state index is 12.2. The molecule has 0 atom stereocenters. The Labute approximate surface area is 130 Å². The lowest BCUT2D eigenvalue weighted by atomic mass is 10.1. The van der Waals surface area contributed by atoms with E-state index < -0.39 is 11.7 Å². The number of rotatable bonds is 3. The highest BCUT2D eigenvalue weighted by atomic mass is 79.9. The largest absolute Gasteiger partial charge is 0.481 e. The van der Waals surface area contributed by atoms with Gasteiger partial charge in [0.05, 0.1) is 12.1 Å². The van der Waals surface area contributed by atoms with Crippen LogP contribution >= 0.6 is 15.9 Å². The zero-order valence-electron chi connectivity index (χ0n) is 12.0. The average Bonchev–Trinajstić information content (AvgIpc) is 2.38. The summed E-state index contributed by atoms with van der Waals surface area (Å²) in [7, 11) is 0. The van der Waals surface area contributed by atoms with E-state index in [0.29, 0.717) is 22.6 Å². The summed E-state index contributed by atoms with van der Waals surface area (Å²) < 4.78 is 2.32. The van der Waals surface area contributed by atoms with Gasteiger partial charge in [-0.2, -0.15) is 4.98 Å². The monoisotopic (exact) mass is 350 g/mol. The Hall–Kier alpha value is -1.95. The van der Waals surface area contributed by atoms with Crippen LogP contribution in [0.4, 0.5) is 0 Å². The second-order valence-corrected chi connectivity index (χ2v) is 5.74. The van der Waals surface area contributed by atoms with Gasteiger partial charge in [0.15, 0.2) is 0 Å². The molecule has 1 N–H and O–H groups in total. The van der Waals surface area contributed by atoms with Crippen molar-refractivity contribution in [1.82, 2.24) is 9.55 Å². The molecule has 0 bridgehead atoms. The van der Waals surface area contributed by atoms with Gasteiger partial charge < -0.3 is 5.11 Å². The van der Waals surface area contributed by atoms with Crippen molar-refractivity contribution in [3.63, 3.8) is 0 Å². The van der Waals surface area contributed by atoms with Crippen LogP contribution in [-0.2, 0) is 11.2 Å². The molecule has 0 aliphatic carbocycles. The Morgan fingerprint density at radius 1 is 1.33 bits per heavy atom. The number of aromatic nitrogens is 2. The number of aliphatic carboxylic acids is 1. The number of carboxylic acid groups (broad SMARTS) is 1. The van der Waals surface area contributed by atoms with Crippen LogP contribution in [0.1, 0.15) is 22.5 Å². The number of hydrogen-bond donors (Lipinski definition) is 1. The Morgan fingerprint density at radius 2 is 2.00 bits per heavy atom. The summed E-state index contributed by atoms with van der Waals surface area (Å²) in [6, 6.07) is 5.53. The summed E-state index contributed by atoms with van der Waals surface area (Å²) in [5.41, 5.74) is 2.94. The number of carboxylic acids is 1. The molecule has 0 unspecified atom stereocenters. The molecule has 0 fully saturated rings. The van der Waals surface area contributed by atoms with Crippen molar-refractivity contribution in [2.45, 2.75) is 27.2 Å². The van der Waals surface area contributed by atoms with Crippen LogP contribution in [0.15, 0.2) is 27.5 Å². The second kappa shape index (κ2) is 5.81. The highest BCUT2D eigenvalue weighted by Crippen LogP contribution is 2.21. The molecule has 6 heteroatoms. The van der Waals surface area contributed by atoms with Crippen molar-refractivity contribution in [2.24, 2.45) is 0 Å². The van der Waals surface area contributed by atoms with Crippen molar-refractivity contribution >= 4 is 21.9 Å². The molecule has 5 nitrogen and oxygen atoms in total. The minimum absolute atomic E-state index is 0.155. The molecule has 110 valence electrons. The first kappa shape index (κ1) is 15.4. The molecule has 0 radical (unpaired) electrons. The highest BCUT2D eigenvalue weighted by molar-refractivity contribution is 9.10. The molecule has 0 saturated heterocycles. The van der Waals surface area contributed by atoms with Crippen LogP contribution in [0.2, 0.25) is 0 Å². The van der Waals surface area contributed by atoms with E-state index in [2.05, 4.69) is 20.9 Å². The predicted octanol–water partition coefficient (Wildman–Crippen LogP) is 2.55. The van der Waals surface area contributed by atoms with Gasteiger partial charge in [-0.25, -0.2) is 4.79 Å². The fourth-order valence-electron chi connectivity index (χ4n) is 2.23. The first-order valence-corrected chi connectivity index (χ1v) is 7.18. The number of nitrogens with zero attached hydrogens (tertiary/aromatic N) is 2. The third-order valence-electron chi connectivity index (χ3n) is 3.41. The van der Waals surface area contributed by atoms with Gasteiger partial charge in [-0.15, -0.1) is 0 Å². The van der Waals surface area contributed by atoms with Gasteiger partial charge >= 0.3 is 11.7 Å². The van der Waals surface area contributed by atoms with Crippen molar-refractivity contribution in [2.75, 3.05) is 0 Å². The molecule has 0 aliphatic rings. The zero-order valence-corrected chi connectivity index (χ0v) is 13.6. The molecule has 0 aliphatic heterocycles. The second-order valence-electron chi connectivity index (χ2n) is 4.88. The summed E-state index contributed by atoms with van der Waals surface area (Å²) in [5.74, 6) is -0.946. The van der Waals surface area contributed by atoms with Gasteiger partial charge in [-0.1, -0.05) is 22.0 Å². The quantitative estimate of drug-likeness (QED) is 0.923. The average molecular weight is 351 g/mol. The van der Waals surface area contributed by atoms with Gasteiger partial charge in [0.25, 0.3) is 0 Å². The van der Waals surface area contributed by atoms with Crippen LogP contribution in [0.5, 0.6) is 0 Å². The van der Waals surface area contributed by atoms with E-state index in [1.165, 1.54) is 4.57 Å². The van der Waals surface area contributed by atoms with Crippen LogP contribution in [-0.4, -0.2) is 20.6 Å². The molecule has 1 aromatic carbocycles. The number of aryl methyl sites for hydroxylation is 2. The molecule has 2 rings (SSSR count). The third kappa shape index (κ3) is 3.05. The fourth-order valence-corrected chi connectivity index (χ4v) is 2.60. The van der Waals surface area contributed by atoms with Gasteiger partial charge in [0, 0.05) is 21.4 Å². The minimum atomic E-state index is -0.946. The highest BCUT2D eigenvalue weighted by Gasteiger charge is 2.15. The molecule has 21 heavy (non-hydrogen) atoms. The first-order valence-electron chi connectivity index (χ1n) is 6.38. The van der Waals surface area contributed by atoms with Gasteiger partial charge in [0.1, 0.15) is 0 Å². The maximum Gasteiger partial charge on any atom is 0.352 e. The Kier molecular flexibility index (Phi) is 4.27. The molecular formula is C15H15BrN2O3. The van der Waals surface area contributed by atoms with Crippen molar-refractivity contribution in [3.8, 4) is 5.69 Å². The lowest BCUT2D eigenvalue weighted by Gasteiger charge is -2.15. The van der Waals surface area contributed by atoms with Gasteiger partial charge in [-0.3, -0.25) is 9.36 Å². The van der Waals surface area contributed by atoms with E-state index in [0.717, 1.165) is 10.0 Å². The normalized spacial score (nSPS) is 10.7. The Balaban J connectivity index is 2.71. The number of benzene rings is 1. The van der Waals surface area contributed by atoms with Crippen LogP contribution in [0.25, 0.3) is 5.69 Å². The first-order chi connectivity index (χ1) is 9.81. The van der Waals surface area contributed by atoms with E-state index >= 15 is 0 Å². The maximum atomic E-state index is 12.2. The fraction of sp³-hybridized carbons (Fsp3) is 0.267. The standard InChI is InChI=1S/C15H15BrN2O3/c1-8-4-5-11(6-13(8)16)18-10(3)12(7-14(19)20)9(2)17-15(18)21/h4-6H,7H2,1-3H3,(H,19,20). The van der Waals surface area contributed by atoms with Crippen molar-refractivity contribution in [1.29, 1.82) is 0 Å². The SMILES string of the molecule is Cc1ccc(-n2c(C)c(CC(=O)O)c(C)nc2=O)cc1Br. The van der Waals surface area contributed by atoms with Crippen LogP contribution < -0.4 is 5.69 Å². The van der Waals surface area contributed by atoms with Gasteiger partial charge in [0.2, 0.25) is 0 Å². The van der Waals surface area contributed by atoms with E-state index in [-0.39, 0.29) is 6.42 Å². The van der Waals surface area contributed by atoms with E-state index in [4.69, 9.17) is 5.11 Å². The summed E-state index contributed by atoms with van der Waals surface area (Å²) in [6.45, 7) is 5.34. The molecule has 1 aromatic heterocycles. The summed E-state index contributed by atoms with van der Waals surface area (Å²) in [5, 5.41) is 9.00. The Morgan fingerprint density at radius 3 is 2.57 bits per heavy atom. The number of carbonyl (C=O) groups is 1. The van der Waals surface area contributed by atoms with E-state index in [9.17, 15) is 9.59 Å². The molecule has 1 heterocycles. The molecular weight excluding hydrogens is 336 g/mol.